The van der Waals surface area contributed by atoms with E-state index in [1.165, 1.54) is 12.1 Å². The van der Waals surface area contributed by atoms with Crippen LogP contribution in [-0.2, 0) is 4.79 Å². The van der Waals surface area contributed by atoms with Crippen molar-refractivity contribution in [3.05, 3.63) is 122 Å². The van der Waals surface area contributed by atoms with E-state index in [1.54, 1.807) is 65.6 Å². The number of hydrogen-bond acceptors (Lipinski definition) is 5. The number of allylic oxidation sites excluding steroid dienone is 2. The van der Waals surface area contributed by atoms with Crippen molar-refractivity contribution in [2.45, 2.75) is 32.6 Å². The molecule has 0 saturated heterocycles. The van der Waals surface area contributed by atoms with E-state index >= 15 is 0 Å². The number of rotatable bonds is 4. The molecule has 8 heteroatoms. The van der Waals surface area contributed by atoms with Gasteiger partial charge in [-0.15, -0.1) is 0 Å². The van der Waals surface area contributed by atoms with Gasteiger partial charge in [0, 0.05) is 57.6 Å². The van der Waals surface area contributed by atoms with Crippen molar-refractivity contribution < 1.29 is 14.8 Å². The number of non-ortho nitro benzene ring substituents is 1. The maximum absolute atomic E-state index is 13.9. The van der Waals surface area contributed by atoms with Crippen LogP contribution in [0.15, 0.2) is 95.7 Å². The van der Waals surface area contributed by atoms with Gasteiger partial charge in [0.15, 0.2) is 5.78 Å². The van der Waals surface area contributed by atoms with E-state index in [-0.39, 0.29) is 34.1 Å². The highest BCUT2D eigenvalue weighted by Gasteiger charge is 2.46. The molecule has 2 N–H and O–H groups in total. The number of Topliss-reactive ketones (excluding diaryl/α,β-unsaturated/α-hetero) is 1. The molecule has 1 aliphatic heterocycles. The number of carbonyl (C=O) groups excluding carboxylic acids is 1. The smallest absolute Gasteiger partial charge is 0.269 e. The highest BCUT2D eigenvalue weighted by atomic mass is 35.5. The molecule has 0 fully saturated rings. The van der Waals surface area contributed by atoms with Gasteiger partial charge >= 0.3 is 0 Å². The van der Waals surface area contributed by atoms with Crippen molar-refractivity contribution in [2.75, 3.05) is 4.90 Å². The van der Waals surface area contributed by atoms with E-state index in [4.69, 9.17) is 11.6 Å². The van der Waals surface area contributed by atoms with Crippen LogP contribution in [0.25, 0.3) is 5.76 Å². The van der Waals surface area contributed by atoms with E-state index in [2.05, 4.69) is 0 Å². The first kappa shape index (κ1) is 25.4. The van der Waals surface area contributed by atoms with Crippen LogP contribution in [0.4, 0.5) is 11.4 Å². The number of amidine groups is 1. The van der Waals surface area contributed by atoms with Gasteiger partial charge in [0.25, 0.3) is 5.69 Å². The third-order valence-corrected chi connectivity index (χ3v) is 7.30. The summed E-state index contributed by atoms with van der Waals surface area (Å²) in [4.78, 5) is 26.4. The Morgan fingerprint density at radius 1 is 1.03 bits per heavy atom. The minimum absolute atomic E-state index is 0.0290. The molecule has 0 amide bonds. The van der Waals surface area contributed by atoms with Gasteiger partial charge in [0.1, 0.15) is 11.6 Å². The summed E-state index contributed by atoms with van der Waals surface area (Å²) in [7, 11) is 0. The lowest BCUT2D eigenvalue weighted by Gasteiger charge is -2.45. The van der Waals surface area contributed by atoms with Crippen molar-refractivity contribution in [3.8, 4) is 0 Å². The molecule has 1 heterocycles. The van der Waals surface area contributed by atoms with Crippen LogP contribution in [0.2, 0.25) is 5.02 Å². The van der Waals surface area contributed by atoms with E-state index in [1.807, 2.05) is 19.9 Å². The minimum atomic E-state index is -0.773. The van der Waals surface area contributed by atoms with Crippen molar-refractivity contribution in [2.24, 2.45) is 5.41 Å². The predicted molar refractivity (Wildman–Crippen MR) is 149 cm³/mol. The summed E-state index contributed by atoms with van der Waals surface area (Å²) in [6, 6.07) is 21.9. The molecule has 7 nitrogen and oxygen atoms in total. The number of nitro benzene ring substituents is 1. The standard InChI is InChI=1S/C30H26ClN3O4/c1-30(2)16-23-26(24(35)17-30)25(18-8-12-22(13-9-18)34(37)38)27(28(36)19-6-4-3-5-7-19)29(32)33(23)21-14-10-20(31)11-15-21/h3-15,25,32,36H,16-17H2,1-2H3/b28-27+,32-29?/t25-/m0/s1. The lowest BCUT2D eigenvalue weighted by molar-refractivity contribution is -0.384. The van der Waals surface area contributed by atoms with Gasteiger partial charge in [-0.05, 0) is 41.7 Å². The average molecular weight is 528 g/mol. The number of halogens is 1. The highest BCUT2D eigenvalue weighted by Crippen LogP contribution is 2.51. The number of aliphatic hydroxyl groups excluding tert-OH is 1. The summed E-state index contributed by atoms with van der Waals surface area (Å²) in [6.07, 6.45) is 0.832. The quantitative estimate of drug-likeness (QED) is 0.208. The molecule has 0 bridgehead atoms. The molecular formula is C30H26ClN3O4. The second kappa shape index (κ2) is 9.58. The summed E-state index contributed by atoms with van der Waals surface area (Å²) < 4.78 is 0. The van der Waals surface area contributed by atoms with E-state index in [9.17, 15) is 25.4 Å². The Balaban J connectivity index is 1.83. The maximum Gasteiger partial charge on any atom is 0.269 e. The van der Waals surface area contributed by atoms with Gasteiger partial charge in [-0.1, -0.05) is 67.9 Å². The zero-order valence-corrected chi connectivity index (χ0v) is 21.7. The number of benzene rings is 3. The first-order valence-electron chi connectivity index (χ1n) is 12.2. The summed E-state index contributed by atoms with van der Waals surface area (Å²) in [5.41, 5.74) is 2.75. The fourth-order valence-corrected chi connectivity index (χ4v) is 5.49. The Morgan fingerprint density at radius 2 is 1.66 bits per heavy atom. The van der Waals surface area contributed by atoms with E-state index < -0.39 is 10.8 Å². The molecule has 1 atom stereocenters. The van der Waals surface area contributed by atoms with Crippen molar-refractivity contribution in [3.63, 3.8) is 0 Å². The van der Waals surface area contributed by atoms with Crippen LogP contribution in [0, 0.1) is 20.9 Å². The third-order valence-electron chi connectivity index (χ3n) is 7.05. The molecule has 38 heavy (non-hydrogen) atoms. The molecule has 5 rings (SSSR count). The average Bonchev–Trinajstić information content (AvgIpc) is 2.88. The topological polar surface area (TPSA) is 108 Å². The van der Waals surface area contributed by atoms with Gasteiger partial charge in [-0.25, -0.2) is 0 Å². The molecule has 0 spiro atoms. The molecule has 0 saturated carbocycles. The predicted octanol–water partition coefficient (Wildman–Crippen LogP) is 7.44. The van der Waals surface area contributed by atoms with Crippen LogP contribution in [0.3, 0.4) is 0 Å². The SMILES string of the molecule is CC1(C)CC(=O)C2=C(C1)N(c1ccc(Cl)cc1)C(=N)/C(=C(/O)c1ccccc1)[C@H]2c1ccc([N+](=O)[O-])cc1. The third kappa shape index (κ3) is 4.50. The van der Waals surface area contributed by atoms with Crippen molar-refractivity contribution in [1.29, 1.82) is 5.41 Å². The molecule has 3 aromatic rings. The minimum Gasteiger partial charge on any atom is -0.507 e. The Labute approximate surface area is 225 Å². The van der Waals surface area contributed by atoms with Crippen LogP contribution >= 0.6 is 11.6 Å². The Hall–Kier alpha value is -4.23. The van der Waals surface area contributed by atoms with Gasteiger partial charge in [0.2, 0.25) is 0 Å². The van der Waals surface area contributed by atoms with Crippen LogP contribution in [0.5, 0.6) is 0 Å². The molecule has 0 unspecified atom stereocenters. The van der Waals surface area contributed by atoms with Crippen molar-refractivity contribution in [1.82, 2.24) is 0 Å². The first-order chi connectivity index (χ1) is 18.1. The molecule has 3 aromatic carbocycles. The monoisotopic (exact) mass is 527 g/mol. The Morgan fingerprint density at radius 3 is 2.26 bits per heavy atom. The molecule has 0 radical (unpaired) electrons. The summed E-state index contributed by atoms with van der Waals surface area (Å²) in [6.45, 7) is 4.04. The summed E-state index contributed by atoms with van der Waals surface area (Å²) in [5, 5.41) is 32.9. The zero-order chi connectivity index (χ0) is 27.2. The molecular weight excluding hydrogens is 502 g/mol. The maximum atomic E-state index is 13.9. The number of aliphatic hydroxyl groups is 1. The van der Waals surface area contributed by atoms with Crippen LogP contribution < -0.4 is 4.90 Å². The lowest BCUT2D eigenvalue weighted by atomic mass is 9.67. The molecule has 1 aliphatic carbocycles. The fourth-order valence-electron chi connectivity index (χ4n) is 5.36. The second-order valence-corrected chi connectivity index (χ2v) is 10.8. The number of carbonyl (C=O) groups is 1. The van der Waals surface area contributed by atoms with Gasteiger partial charge in [-0.3, -0.25) is 25.2 Å². The Bertz CT molecular complexity index is 1510. The van der Waals surface area contributed by atoms with Gasteiger partial charge < -0.3 is 5.11 Å². The number of nitro groups is 1. The number of nitrogens with zero attached hydrogens (tertiary/aromatic N) is 2. The number of hydrogen-bond donors (Lipinski definition) is 2. The summed E-state index contributed by atoms with van der Waals surface area (Å²) >= 11 is 6.15. The highest BCUT2D eigenvalue weighted by molar-refractivity contribution is 6.30. The Kier molecular flexibility index (Phi) is 6.41. The number of ketones is 1. The fraction of sp³-hybridized carbons (Fsp3) is 0.200. The zero-order valence-electron chi connectivity index (χ0n) is 20.9. The van der Waals surface area contributed by atoms with Gasteiger partial charge in [-0.2, -0.15) is 0 Å². The first-order valence-corrected chi connectivity index (χ1v) is 12.6. The van der Waals surface area contributed by atoms with Gasteiger partial charge in [0.05, 0.1) is 4.92 Å². The lowest BCUT2D eigenvalue weighted by Crippen LogP contribution is -2.45. The van der Waals surface area contributed by atoms with E-state index in [0.717, 1.165) is 0 Å². The van der Waals surface area contributed by atoms with Crippen molar-refractivity contribution >= 4 is 40.4 Å². The van der Waals surface area contributed by atoms with Crippen LogP contribution in [-0.4, -0.2) is 21.6 Å². The van der Waals surface area contributed by atoms with E-state index in [0.29, 0.717) is 45.9 Å². The summed E-state index contributed by atoms with van der Waals surface area (Å²) in [5.74, 6) is -0.946. The normalized spacial score (nSPS) is 20.3. The molecule has 192 valence electrons. The molecule has 0 aromatic heterocycles. The number of anilines is 1. The number of nitrogens with one attached hydrogen (secondary N) is 1. The second-order valence-electron chi connectivity index (χ2n) is 10.4. The molecule has 2 aliphatic rings. The van der Waals surface area contributed by atoms with Crippen LogP contribution in [0.1, 0.15) is 43.7 Å². The largest absolute Gasteiger partial charge is 0.507 e.